The van der Waals surface area contributed by atoms with Crippen molar-refractivity contribution in [2.75, 3.05) is 0 Å². The first-order chi connectivity index (χ1) is 14.0. The highest BCUT2D eigenvalue weighted by molar-refractivity contribution is 7.14. The molecule has 29 heavy (non-hydrogen) atoms. The SMILES string of the molecule is Cc1nnc(-c2ccc3cnc(CC(=O)c4ccc(OC(F)F)cc4)cc3c2)s1. The van der Waals surface area contributed by atoms with E-state index in [1.165, 1.54) is 35.6 Å². The second kappa shape index (κ2) is 8.00. The number of alkyl halides is 2. The Labute approximate surface area is 169 Å². The summed E-state index contributed by atoms with van der Waals surface area (Å²) in [5.74, 6) is -0.142. The Kier molecular flexibility index (Phi) is 5.26. The van der Waals surface area contributed by atoms with Crippen molar-refractivity contribution in [3.63, 3.8) is 0 Å². The predicted octanol–water partition coefficient (Wildman–Crippen LogP) is 5.09. The molecule has 0 atom stereocenters. The van der Waals surface area contributed by atoms with Crippen molar-refractivity contribution in [1.82, 2.24) is 15.2 Å². The maximum Gasteiger partial charge on any atom is 0.387 e. The van der Waals surface area contributed by atoms with Gasteiger partial charge >= 0.3 is 6.61 Å². The monoisotopic (exact) mass is 411 g/mol. The third kappa shape index (κ3) is 4.43. The third-order valence-electron chi connectivity index (χ3n) is 4.29. The number of hydrogen-bond acceptors (Lipinski definition) is 6. The molecule has 4 rings (SSSR count). The van der Waals surface area contributed by atoms with E-state index in [4.69, 9.17) is 0 Å². The molecule has 2 heterocycles. The minimum atomic E-state index is -2.90. The highest BCUT2D eigenvalue weighted by Crippen LogP contribution is 2.27. The van der Waals surface area contributed by atoms with Crippen LogP contribution in [0.25, 0.3) is 21.3 Å². The van der Waals surface area contributed by atoms with Crippen molar-refractivity contribution in [1.29, 1.82) is 0 Å². The first-order valence-electron chi connectivity index (χ1n) is 8.75. The van der Waals surface area contributed by atoms with E-state index in [1.54, 1.807) is 6.20 Å². The lowest BCUT2D eigenvalue weighted by Crippen LogP contribution is -2.06. The summed E-state index contributed by atoms with van der Waals surface area (Å²) in [6.45, 7) is -0.991. The van der Waals surface area contributed by atoms with Crippen molar-refractivity contribution < 1.29 is 18.3 Å². The molecule has 0 N–H and O–H groups in total. The van der Waals surface area contributed by atoms with Gasteiger partial charge in [0, 0.05) is 28.4 Å². The summed E-state index contributed by atoms with van der Waals surface area (Å²) in [6.07, 6.45) is 1.83. The molecule has 0 unspecified atom stereocenters. The molecule has 2 aromatic heterocycles. The van der Waals surface area contributed by atoms with Gasteiger partial charge in [-0.1, -0.05) is 23.5 Å². The molecule has 0 bridgehead atoms. The molecular formula is C21H15F2N3O2S. The fourth-order valence-corrected chi connectivity index (χ4v) is 3.61. The molecule has 0 fully saturated rings. The minimum Gasteiger partial charge on any atom is -0.435 e. The summed E-state index contributed by atoms with van der Waals surface area (Å²) < 4.78 is 28.8. The van der Waals surface area contributed by atoms with Crippen LogP contribution in [-0.4, -0.2) is 27.6 Å². The van der Waals surface area contributed by atoms with Crippen LogP contribution < -0.4 is 4.74 Å². The van der Waals surface area contributed by atoms with Gasteiger partial charge in [0.25, 0.3) is 0 Å². The zero-order valence-electron chi connectivity index (χ0n) is 15.3. The summed E-state index contributed by atoms with van der Waals surface area (Å²) in [5, 5.41) is 11.9. The Morgan fingerprint density at radius 3 is 2.55 bits per heavy atom. The molecule has 0 aliphatic rings. The molecule has 0 amide bonds. The molecule has 2 aromatic carbocycles. The van der Waals surface area contributed by atoms with E-state index in [0.29, 0.717) is 11.3 Å². The summed E-state index contributed by atoms with van der Waals surface area (Å²) in [7, 11) is 0. The van der Waals surface area contributed by atoms with Gasteiger partial charge < -0.3 is 4.74 Å². The van der Waals surface area contributed by atoms with Crippen molar-refractivity contribution in [3.8, 4) is 16.3 Å². The summed E-state index contributed by atoms with van der Waals surface area (Å²) >= 11 is 1.52. The lowest BCUT2D eigenvalue weighted by Gasteiger charge is -2.06. The van der Waals surface area contributed by atoms with E-state index in [0.717, 1.165) is 26.4 Å². The number of ketones is 1. The highest BCUT2D eigenvalue weighted by Gasteiger charge is 2.11. The van der Waals surface area contributed by atoms with Crippen LogP contribution in [0.3, 0.4) is 0 Å². The summed E-state index contributed by atoms with van der Waals surface area (Å²) in [6, 6.07) is 13.4. The van der Waals surface area contributed by atoms with Crippen LogP contribution >= 0.6 is 11.3 Å². The maximum absolute atomic E-state index is 12.5. The van der Waals surface area contributed by atoms with Gasteiger partial charge in [0.2, 0.25) is 0 Å². The van der Waals surface area contributed by atoms with Crippen molar-refractivity contribution in [2.45, 2.75) is 20.0 Å². The lowest BCUT2D eigenvalue weighted by atomic mass is 10.0. The van der Waals surface area contributed by atoms with Crippen molar-refractivity contribution in [3.05, 3.63) is 71.0 Å². The number of benzene rings is 2. The Bertz CT molecular complexity index is 1180. The molecule has 4 aromatic rings. The topological polar surface area (TPSA) is 65.0 Å². The smallest absolute Gasteiger partial charge is 0.387 e. The van der Waals surface area contributed by atoms with E-state index in [1.807, 2.05) is 31.2 Å². The fourth-order valence-electron chi connectivity index (χ4n) is 2.92. The largest absolute Gasteiger partial charge is 0.435 e. The van der Waals surface area contributed by atoms with Crippen molar-refractivity contribution in [2.24, 2.45) is 0 Å². The normalized spacial score (nSPS) is 11.2. The van der Waals surface area contributed by atoms with Crippen LogP contribution in [0.5, 0.6) is 5.75 Å². The number of pyridine rings is 1. The van der Waals surface area contributed by atoms with Gasteiger partial charge in [0.1, 0.15) is 15.8 Å². The highest BCUT2D eigenvalue weighted by atomic mass is 32.1. The quantitative estimate of drug-likeness (QED) is 0.414. The molecule has 0 aliphatic heterocycles. The second-order valence-corrected chi connectivity index (χ2v) is 7.55. The van der Waals surface area contributed by atoms with Crippen LogP contribution in [0.2, 0.25) is 0 Å². The molecule has 0 radical (unpaired) electrons. The number of hydrogen-bond donors (Lipinski definition) is 0. The molecule has 0 saturated carbocycles. The first kappa shape index (κ1) is 19.1. The Morgan fingerprint density at radius 1 is 1.07 bits per heavy atom. The van der Waals surface area contributed by atoms with E-state index < -0.39 is 6.61 Å². The zero-order chi connectivity index (χ0) is 20.4. The Morgan fingerprint density at radius 2 is 1.86 bits per heavy atom. The summed E-state index contributed by atoms with van der Waals surface area (Å²) in [4.78, 5) is 16.9. The summed E-state index contributed by atoms with van der Waals surface area (Å²) in [5.41, 5.74) is 1.99. The van der Waals surface area contributed by atoms with Gasteiger partial charge in [-0.05, 0) is 48.7 Å². The molecular weight excluding hydrogens is 396 g/mol. The Balaban J connectivity index is 1.55. The Hall–Kier alpha value is -3.26. The number of halogens is 2. The van der Waals surface area contributed by atoms with Crippen LogP contribution in [0.15, 0.2) is 54.7 Å². The number of carbonyl (C=O) groups excluding carboxylic acids is 1. The van der Waals surface area contributed by atoms with Gasteiger partial charge in [-0.2, -0.15) is 8.78 Å². The standard InChI is InChI=1S/C21H15F2N3O2S/c1-12-25-26-20(29-12)14-2-3-15-11-24-17(9-16(15)8-14)10-19(27)13-4-6-18(7-5-13)28-21(22)23/h2-9,11,21H,10H2,1H3. The molecule has 5 nitrogen and oxygen atoms in total. The van der Waals surface area contributed by atoms with Gasteiger partial charge in [0.05, 0.1) is 6.42 Å². The third-order valence-corrected chi connectivity index (χ3v) is 5.18. The maximum atomic E-state index is 12.5. The van der Waals surface area contributed by atoms with Crippen LogP contribution in [-0.2, 0) is 6.42 Å². The van der Waals surface area contributed by atoms with Crippen LogP contribution in [0, 0.1) is 6.92 Å². The minimum absolute atomic E-state index is 0.0137. The van der Waals surface area contributed by atoms with Crippen LogP contribution in [0.1, 0.15) is 21.1 Å². The van der Waals surface area contributed by atoms with E-state index in [-0.39, 0.29) is 18.0 Å². The number of aryl methyl sites for hydroxylation is 1. The fraction of sp³-hybridized carbons (Fsp3) is 0.143. The zero-order valence-corrected chi connectivity index (χ0v) is 16.1. The lowest BCUT2D eigenvalue weighted by molar-refractivity contribution is -0.0498. The van der Waals surface area contributed by atoms with E-state index in [9.17, 15) is 13.6 Å². The van der Waals surface area contributed by atoms with Gasteiger partial charge in [-0.3, -0.25) is 9.78 Å². The number of Topliss-reactive ketones (excluding diaryl/α,β-unsaturated/α-hetero) is 1. The number of ether oxygens (including phenoxy) is 1. The van der Waals surface area contributed by atoms with E-state index >= 15 is 0 Å². The van der Waals surface area contributed by atoms with Crippen LogP contribution in [0.4, 0.5) is 8.78 Å². The molecule has 146 valence electrons. The molecule has 0 aliphatic carbocycles. The number of aromatic nitrogens is 3. The number of fused-ring (bicyclic) bond motifs is 1. The van der Waals surface area contributed by atoms with Crippen molar-refractivity contribution >= 4 is 27.9 Å². The second-order valence-electron chi connectivity index (χ2n) is 6.37. The number of rotatable bonds is 6. The molecule has 8 heteroatoms. The number of nitrogens with zero attached hydrogens (tertiary/aromatic N) is 3. The van der Waals surface area contributed by atoms with Gasteiger partial charge in [0.15, 0.2) is 5.78 Å². The molecule has 0 spiro atoms. The van der Waals surface area contributed by atoms with E-state index in [2.05, 4.69) is 19.9 Å². The average Bonchev–Trinajstić information content (AvgIpc) is 3.14. The average molecular weight is 411 g/mol. The first-order valence-corrected chi connectivity index (χ1v) is 9.57. The number of carbonyl (C=O) groups is 1. The molecule has 0 saturated heterocycles. The van der Waals surface area contributed by atoms with Gasteiger partial charge in [-0.15, -0.1) is 10.2 Å². The predicted molar refractivity (Wildman–Crippen MR) is 106 cm³/mol. The van der Waals surface area contributed by atoms with Gasteiger partial charge in [-0.25, -0.2) is 0 Å².